The maximum Gasteiger partial charge on any atom is 2.00 e. The summed E-state index contributed by atoms with van der Waals surface area (Å²) in [4.78, 5) is 22.6. The van der Waals surface area contributed by atoms with E-state index in [1.54, 1.807) is 37.2 Å². The van der Waals surface area contributed by atoms with E-state index >= 15 is 0 Å². The predicted octanol–water partition coefficient (Wildman–Crippen LogP) is 1.45. The number of hydrogen-bond donors (Lipinski definition) is 2. The third-order valence-corrected chi connectivity index (χ3v) is 2.29. The third kappa shape index (κ3) is 6.13. The standard InChI is InChI=1S/C12H16N6.Cu/c1(3-13-9-11-15-5-6-16-11)2-4-14-10-12-17-7-8-18-12;/h5-10H,1-4H2,(H,15,16)(H,17,18);/q;+2. The minimum atomic E-state index is 0. The second-order valence-electron chi connectivity index (χ2n) is 3.73. The molecule has 0 fully saturated rings. The van der Waals surface area contributed by atoms with Crippen LogP contribution in [0.2, 0.25) is 0 Å². The Bertz CT molecular complexity index is 428. The van der Waals surface area contributed by atoms with Crippen LogP contribution in [-0.2, 0) is 17.1 Å². The van der Waals surface area contributed by atoms with Crippen LogP contribution in [-0.4, -0.2) is 45.5 Å². The van der Waals surface area contributed by atoms with Crippen LogP contribution in [0, 0.1) is 0 Å². The maximum absolute atomic E-state index is 4.27. The van der Waals surface area contributed by atoms with Crippen molar-refractivity contribution < 1.29 is 17.1 Å². The summed E-state index contributed by atoms with van der Waals surface area (Å²) in [6.45, 7) is 1.61. The van der Waals surface area contributed by atoms with Crippen LogP contribution in [0.25, 0.3) is 0 Å². The van der Waals surface area contributed by atoms with Gasteiger partial charge in [0.15, 0.2) is 0 Å². The summed E-state index contributed by atoms with van der Waals surface area (Å²) in [5, 5.41) is 0. The van der Waals surface area contributed by atoms with E-state index in [-0.39, 0.29) is 17.1 Å². The Morgan fingerprint density at radius 2 is 1.37 bits per heavy atom. The number of unbranched alkanes of at least 4 members (excludes halogenated alkanes) is 1. The van der Waals surface area contributed by atoms with Gasteiger partial charge in [-0.2, -0.15) is 0 Å². The molecule has 2 aromatic rings. The summed E-state index contributed by atoms with van der Waals surface area (Å²) in [7, 11) is 0. The van der Waals surface area contributed by atoms with E-state index in [9.17, 15) is 0 Å². The monoisotopic (exact) mass is 307 g/mol. The normalized spacial score (nSPS) is 11.2. The Morgan fingerprint density at radius 1 is 0.895 bits per heavy atom. The molecule has 0 aliphatic rings. The van der Waals surface area contributed by atoms with Gasteiger partial charge in [0.25, 0.3) is 0 Å². The number of nitrogens with zero attached hydrogens (tertiary/aromatic N) is 4. The summed E-state index contributed by atoms with van der Waals surface area (Å²) in [5.74, 6) is 1.59. The van der Waals surface area contributed by atoms with Crippen molar-refractivity contribution in [3.8, 4) is 0 Å². The largest absolute Gasteiger partial charge is 2.00 e. The molecular formula is C12H16CuN6+2. The van der Waals surface area contributed by atoms with Gasteiger partial charge in [-0.05, 0) is 12.8 Å². The average molecular weight is 308 g/mol. The summed E-state index contributed by atoms with van der Waals surface area (Å²) in [5.41, 5.74) is 0. The number of imidazole rings is 2. The summed E-state index contributed by atoms with van der Waals surface area (Å²) < 4.78 is 0. The molecule has 2 rings (SSSR count). The van der Waals surface area contributed by atoms with Gasteiger partial charge < -0.3 is 9.97 Å². The molecule has 0 aliphatic heterocycles. The van der Waals surface area contributed by atoms with Gasteiger partial charge in [0.1, 0.15) is 11.6 Å². The Balaban J connectivity index is 0.00000180. The number of aromatic amines is 2. The topological polar surface area (TPSA) is 82.1 Å². The van der Waals surface area contributed by atoms with Gasteiger partial charge in [0.2, 0.25) is 0 Å². The van der Waals surface area contributed by atoms with Gasteiger partial charge in [-0.1, -0.05) is 0 Å². The summed E-state index contributed by atoms with van der Waals surface area (Å²) in [6, 6.07) is 0. The van der Waals surface area contributed by atoms with Gasteiger partial charge >= 0.3 is 17.1 Å². The molecule has 103 valence electrons. The number of hydrogen-bond acceptors (Lipinski definition) is 4. The van der Waals surface area contributed by atoms with Gasteiger partial charge in [-0.25, -0.2) is 9.97 Å². The Morgan fingerprint density at radius 3 is 1.74 bits per heavy atom. The van der Waals surface area contributed by atoms with Gasteiger partial charge in [0, 0.05) is 37.9 Å². The summed E-state index contributed by atoms with van der Waals surface area (Å²) in [6.07, 6.45) is 12.5. The molecule has 7 heteroatoms. The smallest absolute Gasteiger partial charge is 0.344 e. The second-order valence-corrected chi connectivity index (χ2v) is 3.73. The van der Waals surface area contributed by atoms with Crippen LogP contribution in [0.5, 0.6) is 0 Å². The Kier molecular flexibility index (Phi) is 7.46. The van der Waals surface area contributed by atoms with E-state index in [0.29, 0.717) is 0 Å². The first kappa shape index (κ1) is 15.3. The van der Waals surface area contributed by atoms with E-state index in [4.69, 9.17) is 0 Å². The quantitative estimate of drug-likeness (QED) is 0.461. The van der Waals surface area contributed by atoms with E-state index in [2.05, 4.69) is 29.9 Å². The van der Waals surface area contributed by atoms with Gasteiger partial charge in [0.05, 0.1) is 12.4 Å². The van der Waals surface area contributed by atoms with Gasteiger partial charge in [-0.15, -0.1) is 0 Å². The first-order valence-corrected chi connectivity index (χ1v) is 5.93. The van der Waals surface area contributed by atoms with Crippen molar-refractivity contribution >= 4 is 12.4 Å². The molecule has 2 heterocycles. The number of rotatable bonds is 7. The van der Waals surface area contributed by atoms with E-state index in [1.807, 2.05) is 0 Å². The molecule has 0 amide bonds. The van der Waals surface area contributed by atoms with Crippen LogP contribution in [0.4, 0.5) is 0 Å². The molecule has 0 spiro atoms. The average Bonchev–Trinajstić information content (AvgIpc) is 3.05. The van der Waals surface area contributed by atoms with E-state index < -0.39 is 0 Å². The van der Waals surface area contributed by atoms with E-state index in [1.165, 1.54) is 0 Å². The van der Waals surface area contributed by atoms with Crippen LogP contribution in [0.1, 0.15) is 24.5 Å². The molecule has 0 unspecified atom stereocenters. The second kappa shape index (κ2) is 9.24. The van der Waals surface area contributed by atoms with Crippen molar-refractivity contribution in [1.82, 2.24) is 19.9 Å². The number of aliphatic imine (C=N–C) groups is 2. The van der Waals surface area contributed by atoms with Crippen LogP contribution >= 0.6 is 0 Å². The molecule has 19 heavy (non-hydrogen) atoms. The first-order chi connectivity index (χ1) is 8.95. The van der Waals surface area contributed by atoms with Crippen molar-refractivity contribution in [1.29, 1.82) is 0 Å². The molecule has 1 radical (unpaired) electrons. The fraction of sp³-hybridized carbons (Fsp3) is 0.333. The maximum atomic E-state index is 4.27. The van der Waals surface area contributed by atoms with Gasteiger partial charge in [-0.3, -0.25) is 9.98 Å². The Hall–Kier alpha value is -1.72. The summed E-state index contributed by atoms with van der Waals surface area (Å²) >= 11 is 0. The molecule has 0 saturated heterocycles. The fourth-order valence-corrected chi connectivity index (χ4v) is 1.40. The van der Waals surface area contributed by atoms with Crippen molar-refractivity contribution in [3.05, 3.63) is 36.4 Å². The number of nitrogens with one attached hydrogen (secondary N) is 2. The van der Waals surface area contributed by atoms with Crippen LogP contribution < -0.4 is 0 Å². The Labute approximate surface area is 122 Å². The molecule has 2 N–H and O–H groups in total. The third-order valence-electron chi connectivity index (χ3n) is 2.29. The van der Waals surface area contributed by atoms with Crippen LogP contribution in [0.15, 0.2) is 34.8 Å². The van der Waals surface area contributed by atoms with Crippen molar-refractivity contribution in [2.75, 3.05) is 13.1 Å². The molecule has 2 aromatic heterocycles. The number of H-pyrrole nitrogens is 2. The van der Waals surface area contributed by atoms with Crippen LogP contribution in [0.3, 0.4) is 0 Å². The van der Waals surface area contributed by atoms with Crippen molar-refractivity contribution in [2.24, 2.45) is 9.98 Å². The predicted molar refractivity (Wildman–Crippen MR) is 71.3 cm³/mol. The molecule has 0 bridgehead atoms. The van der Waals surface area contributed by atoms with Crippen molar-refractivity contribution in [3.63, 3.8) is 0 Å². The minimum absolute atomic E-state index is 0. The number of aromatic nitrogens is 4. The zero-order chi connectivity index (χ0) is 12.5. The minimum Gasteiger partial charge on any atom is -0.344 e. The zero-order valence-corrected chi connectivity index (χ0v) is 11.3. The van der Waals surface area contributed by atoms with Crippen molar-refractivity contribution in [2.45, 2.75) is 12.8 Å². The molecule has 0 atom stereocenters. The zero-order valence-electron chi connectivity index (χ0n) is 10.4. The SMILES string of the molecule is C(=NCCCCN=Cc1ncc[nH]1)c1ncc[nH]1.[Cu+2]. The van der Waals surface area contributed by atoms with E-state index in [0.717, 1.165) is 37.6 Å². The molecule has 0 aromatic carbocycles. The fourth-order valence-electron chi connectivity index (χ4n) is 1.40. The molecular weight excluding hydrogens is 292 g/mol. The molecule has 0 saturated carbocycles. The molecule has 6 nitrogen and oxygen atoms in total. The molecule has 0 aliphatic carbocycles. The first-order valence-electron chi connectivity index (χ1n) is 5.93.